The number of rotatable bonds is 8. The van der Waals surface area contributed by atoms with Gasteiger partial charge < -0.3 is 19.1 Å². The Balaban J connectivity index is 1.48. The van der Waals surface area contributed by atoms with Gasteiger partial charge in [0, 0.05) is 58.1 Å². The van der Waals surface area contributed by atoms with Crippen molar-refractivity contribution in [3.05, 3.63) is 18.7 Å². The Labute approximate surface area is 168 Å². The number of likely N-dealkylation sites (tertiary alicyclic amines) is 2. The maximum absolute atomic E-state index is 12.6. The molecule has 1 aromatic heterocycles. The molecule has 1 aromatic rings. The lowest BCUT2D eigenvalue weighted by Gasteiger charge is -2.47. The van der Waals surface area contributed by atoms with Crippen molar-refractivity contribution in [2.24, 2.45) is 5.41 Å². The van der Waals surface area contributed by atoms with Crippen LogP contribution in [-0.4, -0.2) is 70.1 Å². The number of aromatic nitrogens is 2. The summed E-state index contributed by atoms with van der Waals surface area (Å²) in [6.45, 7) is 8.58. The Kier molecular flexibility index (Phi) is 7.10. The fourth-order valence-corrected chi connectivity index (χ4v) is 4.40. The number of hydrogen-bond donors (Lipinski definition) is 0. The lowest BCUT2D eigenvalue weighted by atomic mass is 9.72. The second-order valence-electron chi connectivity index (χ2n) is 8.31. The van der Waals surface area contributed by atoms with Crippen LogP contribution >= 0.6 is 0 Å². The summed E-state index contributed by atoms with van der Waals surface area (Å²) in [4.78, 5) is 33.0. The minimum absolute atomic E-state index is 0.104. The molecule has 0 radical (unpaired) electrons. The van der Waals surface area contributed by atoms with Crippen molar-refractivity contribution in [2.45, 2.75) is 65.0 Å². The van der Waals surface area contributed by atoms with E-state index in [9.17, 15) is 9.59 Å². The van der Waals surface area contributed by atoms with Gasteiger partial charge in [0.1, 0.15) is 6.10 Å². The average molecular weight is 391 g/mol. The van der Waals surface area contributed by atoms with Gasteiger partial charge in [0.05, 0.1) is 6.33 Å². The Bertz CT molecular complexity index is 638. The van der Waals surface area contributed by atoms with E-state index < -0.39 is 0 Å². The third-order valence-electron chi connectivity index (χ3n) is 6.21. The van der Waals surface area contributed by atoms with Crippen molar-refractivity contribution in [2.75, 3.05) is 32.8 Å². The topological polar surface area (TPSA) is 67.7 Å². The van der Waals surface area contributed by atoms with Crippen LogP contribution in [0.1, 0.15) is 52.4 Å². The molecular weight excluding hydrogens is 356 g/mol. The first-order valence-corrected chi connectivity index (χ1v) is 10.7. The Hall–Kier alpha value is -1.89. The number of ether oxygens (including phenoxy) is 1. The molecule has 1 atom stereocenters. The number of nitrogens with zero attached hydrogens (tertiary/aromatic N) is 4. The monoisotopic (exact) mass is 390 g/mol. The number of hydrogen-bond acceptors (Lipinski definition) is 4. The van der Waals surface area contributed by atoms with Crippen LogP contribution in [-0.2, 0) is 20.9 Å². The number of imidazole rings is 1. The van der Waals surface area contributed by atoms with Gasteiger partial charge in [-0.25, -0.2) is 4.98 Å². The summed E-state index contributed by atoms with van der Waals surface area (Å²) in [6.07, 6.45) is 10.6. The summed E-state index contributed by atoms with van der Waals surface area (Å²) in [5, 5.41) is 0. The number of piperidine rings is 2. The van der Waals surface area contributed by atoms with Gasteiger partial charge in [-0.15, -0.1) is 0 Å². The predicted octanol–water partition coefficient (Wildman–Crippen LogP) is 2.32. The minimum Gasteiger partial charge on any atom is -0.369 e. The van der Waals surface area contributed by atoms with Gasteiger partial charge in [0.15, 0.2) is 0 Å². The highest BCUT2D eigenvalue weighted by atomic mass is 16.5. The largest absolute Gasteiger partial charge is 0.369 e. The lowest BCUT2D eigenvalue weighted by molar-refractivity contribution is -0.148. The third kappa shape index (κ3) is 5.13. The first-order valence-electron chi connectivity index (χ1n) is 10.7. The Morgan fingerprint density at radius 3 is 2.75 bits per heavy atom. The molecule has 2 saturated heterocycles. The molecule has 0 aromatic carbocycles. The molecule has 1 spiro atoms. The van der Waals surface area contributed by atoms with Gasteiger partial charge in [0.2, 0.25) is 5.91 Å². The lowest BCUT2D eigenvalue weighted by Crippen LogP contribution is -2.53. The van der Waals surface area contributed by atoms with E-state index in [0.717, 1.165) is 64.8 Å². The van der Waals surface area contributed by atoms with E-state index in [1.807, 2.05) is 36.2 Å². The van der Waals surface area contributed by atoms with Gasteiger partial charge in [-0.3, -0.25) is 9.59 Å². The van der Waals surface area contributed by atoms with E-state index in [1.165, 1.54) is 0 Å². The quantitative estimate of drug-likeness (QED) is 0.683. The molecule has 0 bridgehead atoms. The second-order valence-corrected chi connectivity index (χ2v) is 8.31. The van der Waals surface area contributed by atoms with Crippen molar-refractivity contribution >= 4 is 11.8 Å². The van der Waals surface area contributed by atoms with Crippen LogP contribution in [0.5, 0.6) is 0 Å². The SMILES string of the molecule is CCCOC(C)C(=O)N1CCC2(CCC(=O)N(CCCn3ccnc3)C2)CC1. The number of amides is 2. The van der Waals surface area contributed by atoms with Gasteiger partial charge in [0.25, 0.3) is 5.91 Å². The van der Waals surface area contributed by atoms with E-state index in [-0.39, 0.29) is 23.3 Å². The molecule has 7 nitrogen and oxygen atoms in total. The molecule has 0 N–H and O–H groups in total. The van der Waals surface area contributed by atoms with Gasteiger partial charge in [-0.1, -0.05) is 6.92 Å². The zero-order chi connectivity index (χ0) is 20.0. The van der Waals surface area contributed by atoms with E-state index in [0.29, 0.717) is 13.0 Å². The zero-order valence-electron chi connectivity index (χ0n) is 17.3. The summed E-state index contributed by atoms with van der Waals surface area (Å²) < 4.78 is 7.65. The number of carbonyl (C=O) groups excluding carboxylic acids is 2. The van der Waals surface area contributed by atoms with Gasteiger partial charge in [-0.2, -0.15) is 0 Å². The average Bonchev–Trinajstić information content (AvgIpc) is 3.22. The maximum atomic E-state index is 12.6. The molecule has 2 amide bonds. The molecule has 2 fully saturated rings. The normalized spacial score (nSPS) is 20.6. The molecule has 0 aliphatic carbocycles. The van der Waals surface area contributed by atoms with E-state index >= 15 is 0 Å². The molecule has 0 saturated carbocycles. The van der Waals surface area contributed by atoms with Crippen LogP contribution < -0.4 is 0 Å². The van der Waals surface area contributed by atoms with Crippen molar-refractivity contribution in [3.8, 4) is 0 Å². The summed E-state index contributed by atoms with van der Waals surface area (Å²) in [7, 11) is 0. The van der Waals surface area contributed by atoms with Crippen LogP contribution in [0, 0.1) is 5.41 Å². The Morgan fingerprint density at radius 2 is 2.07 bits per heavy atom. The highest BCUT2D eigenvalue weighted by Gasteiger charge is 2.41. The minimum atomic E-state index is -0.360. The molecule has 28 heavy (non-hydrogen) atoms. The summed E-state index contributed by atoms with van der Waals surface area (Å²) >= 11 is 0. The number of aryl methyl sites for hydroxylation is 1. The van der Waals surface area contributed by atoms with Crippen LogP contribution in [0.2, 0.25) is 0 Å². The molecule has 3 rings (SSSR count). The highest BCUT2D eigenvalue weighted by Crippen LogP contribution is 2.40. The van der Waals surface area contributed by atoms with E-state index in [2.05, 4.69) is 9.55 Å². The van der Waals surface area contributed by atoms with Crippen molar-refractivity contribution in [1.82, 2.24) is 19.4 Å². The molecule has 7 heteroatoms. The van der Waals surface area contributed by atoms with Crippen LogP contribution in [0.25, 0.3) is 0 Å². The molecular formula is C21H34N4O3. The van der Waals surface area contributed by atoms with Crippen LogP contribution in [0.3, 0.4) is 0 Å². The first kappa shape index (κ1) is 20.8. The van der Waals surface area contributed by atoms with Gasteiger partial charge in [-0.05, 0) is 44.4 Å². The number of carbonyl (C=O) groups is 2. The fraction of sp³-hybridized carbons (Fsp3) is 0.762. The summed E-state index contributed by atoms with van der Waals surface area (Å²) in [6, 6.07) is 0. The van der Waals surface area contributed by atoms with Crippen LogP contribution in [0.15, 0.2) is 18.7 Å². The molecule has 2 aliphatic heterocycles. The molecule has 156 valence electrons. The zero-order valence-corrected chi connectivity index (χ0v) is 17.3. The van der Waals surface area contributed by atoms with Crippen molar-refractivity contribution < 1.29 is 14.3 Å². The van der Waals surface area contributed by atoms with Crippen LogP contribution in [0.4, 0.5) is 0 Å². The standard InChI is InChI=1S/C21H34N4O3/c1-3-15-28-18(2)20(27)24-12-7-21(8-13-24)6-5-19(26)25(16-21)11-4-10-23-14-9-22-17-23/h9,14,17-18H,3-8,10-13,15-16H2,1-2H3. The van der Waals surface area contributed by atoms with Crippen molar-refractivity contribution in [1.29, 1.82) is 0 Å². The second kappa shape index (κ2) is 9.54. The van der Waals surface area contributed by atoms with E-state index in [4.69, 9.17) is 4.74 Å². The molecule has 3 heterocycles. The van der Waals surface area contributed by atoms with Crippen molar-refractivity contribution in [3.63, 3.8) is 0 Å². The first-order chi connectivity index (χ1) is 13.5. The summed E-state index contributed by atoms with van der Waals surface area (Å²) in [5.41, 5.74) is 0.174. The fourth-order valence-electron chi connectivity index (χ4n) is 4.40. The highest BCUT2D eigenvalue weighted by molar-refractivity contribution is 5.80. The van der Waals surface area contributed by atoms with Gasteiger partial charge >= 0.3 is 0 Å². The van der Waals surface area contributed by atoms with E-state index in [1.54, 1.807) is 6.20 Å². The maximum Gasteiger partial charge on any atom is 0.251 e. The Morgan fingerprint density at radius 1 is 1.29 bits per heavy atom. The predicted molar refractivity (Wildman–Crippen MR) is 107 cm³/mol. The molecule has 1 unspecified atom stereocenters. The smallest absolute Gasteiger partial charge is 0.251 e. The third-order valence-corrected chi connectivity index (χ3v) is 6.21. The summed E-state index contributed by atoms with van der Waals surface area (Å²) in [5.74, 6) is 0.378. The molecule has 2 aliphatic rings.